The van der Waals surface area contributed by atoms with Crippen LogP contribution in [-0.2, 0) is 4.79 Å². The van der Waals surface area contributed by atoms with Crippen molar-refractivity contribution in [3.8, 4) is 0 Å². The van der Waals surface area contributed by atoms with Gasteiger partial charge in [-0.1, -0.05) is 23.7 Å². The molecule has 2 amide bonds. The van der Waals surface area contributed by atoms with Crippen molar-refractivity contribution < 1.29 is 14.5 Å². The summed E-state index contributed by atoms with van der Waals surface area (Å²) in [7, 11) is 0. The smallest absolute Gasteiger partial charge is 0.268 e. The van der Waals surface area contributed by atoms with Crippen LogP contribution in [0.1, 0.15) is 15.9 Å². The third kappa shape index (κ3) is 4.65. The Balaban J connectivity index is 1.90. The summed E-state index contributed by atoms with van der Waals surface area (Å²) in [5.74, 6) is -1.11. The number of halogens is 1. The molecule has 122 valence electrons. The summed E-state index contributed by atoms with van der Waals surface area (Å²) in [4.78, 5) is 33.5. The highest BCUT2D eigenvalue weighted by Crippen LogP contribution is 2.14. The van der Waals surface area contributed by atoms with Crippen molar-refractivity contribution in [3.63, 3.8) is 0 Å². The van der Waals surface area contributed by atoms with Gasteiger partial charge < -0.3 is 0 Å². The van der Waals surface area contributed by atoms with E-state index in [4.69, 9.17) is 11.6 Å². The van der Waals surface area contributed by atoms with Gasteiger partial charge in [0.25, 0.3) is 17.5 Å². The van der Waals surface area contributed by atoms with Crippen LogP contribution in [0.2, 0.25) is 5.02 Å². The molecule has 0 bridgehead atoms. The third-order valence-electron chi connectivity index (χ3n) is 2.95. The topological polar surface area (TPSA) is 101 Å². The molecule has 0 radical (unpaired) electrons. The molecule has 0 unspecified atom stereocenters. The van der Waals surface area contributed by atoms with Crippen molar-refractivity contribution in [3.05, 3.63) is 80.9 Å². The SMILES string of the molecule is O=C(/C=C/c1ccc([N+](=O)[O-])cc1)NNC(=O)c1ccccc1Cl. The van der Waals surface area contributed by atoms with Gasteiger partial charge >= 0.3 is 0 Å². The van der Waals surface area contributed by atoms with Crippen molar-refractivity contribution in [2.45, 2.75) is 0 Å². The lowest BCUT2D eigenvalue weighted by atomic mass is 10.2. The van der Waals surface area contributed by atoms with Crippen LogP contribution in [0, 0.1) is 10.1 Å². The average Bonchev–Trinajstić information content (AvgIpc) is 2.58. The van der Waals surface area contributed by atoms with E-state index >= 15 is 0 Å². The number of nitro benzene ring substituents is 1. The maximum atomic E-state index is 11.8. The van der Waals surface area contributed by atoms with Crippen LogP contribution in [0.3, 0.4) is 0 Å². The minimum absolute atomic E-state index is 0.0383. The fraction of sp³-hybridized carbons (Fsp3) is 0. The molecule has 0 atom stereocenters. The fourth-order valence-electron chi connectivity index (χ4n) is 1.75. The van der Waals surface area contributed by atoms with Crippen LogP contribution in [0.25, 0.3) is 6.08 Å². The predicted molar refractivity (Wildman–Crippen MR) is 89.2 cm³/mol. The number of nitrogens with one attached hydrogen (secondary N) is 2. The Hall–Kier alpha value is -3.19. The van der Waals surface area contributed by atoms with Crippen LogP contribution in [0.4, 0.5) is 5.69 Å². The largest absolute Gasteiger partial charge is 0.271 e. The zero-order valence-electron chi connectivity index (χ0n) is 12.2. The standard InChI is InChI=1S/C16H12ClN3O4/c17-14-4-2-1-3-13(14)16(22)19-18-15(21)10-7-11-5-8-12(9-6-11)20(23)24/h1-10H,(H,18,21)(H,19,22)/b10-7+. The van der Waals surface area contributed by atoms with Crippen LogP contribution in [0.5, 0.6) is 0 Å². The number of nitro groups is 1. The lowest BCUT2D eigenvalue weighted by Crippen LogP contribution is -2.40. The summed E-state index contributed by atoms with van der Waals surface area (Å²) in [6.45, 7) is 0. The molecule has 2 N–H and O–H groups in total. The summed E-state index contributed by atoms with van der Waals surface area (Å²) in [5, 5.41) is 10.8. The normalized spacial score (nSPS) is 10.4. The Kier molecular flexibility index (Phi) is 5.64. The van der Waals surface area contributed by atoms with Gasteiger partial charge in [-0.2, -0.15) is 0 Å². The number of hydrazine groups is 1. The second kappa shape index (κ2) is 7.89. The molecule has 2 aromatic carbocycles. The number of rotatable bonds is 4. The van der Waals surface area contributed by atoms with E-state index < -0.39 is 16.7 Å². The van der Waals surface area contributed by atoms with Gasteiger partial charge in [-0.25, -0.2) is 0 Å². The van der Waals surface area contributed by atoms with Gasteiger partial charge in [-0.05, 0) is 35.9 Å². The molecular weight excluding hydrogens is 334 g/mol. The van der Waals surface area contributed by atoms with Crippen LogP contribution >= 0.6 is 11.6 Å². The monoisotopic (exact) mass is 345 g/mol. The summed E-state index contributed by atoms with van der Waals surface area (Å²) in [5.41, 5.74) is 5.25. The molecule has 2 aromatic rings. The molecule has 0 aliphatic carbocycles. The van der Waals surface area contributed by atoms with Crippen molar-refractivity contribution in [2.75, 3.05) is 0 Å². The van der Waals surface area contributed by atoms with Gasteiger partial charge in [-0.15, -0.1) is 0 Å². The molecule has 0 saturated heterocycles. The Morgan fingerprint density at radius 3 is 2.33 bits per heavy atom. The molecular formula is C16H12ClN3O4. The average molecular weight is 346 g/mol. The van der Waals surface area contributed by atoms with E-state index in [9.17, 15) is 19.7 Å². The zero-order valence-corrected chi connectivity index (χ0v) is 13.0. The second-order valence-corrected chi connectivity index (χ2v) is 5.01. The molecule has 0 fully saturated rings. The lowest BCUT2D eigenvalue weighted by molar-refractivity contribution is -0.384. The second-order valence-electron chi connectivity index (χ2n) is 4.61. The lowest BCUT2D eigenvalue weighted by Gasteiger charge is -2.06. The number of hydrogen-bond donors (Lipinski definition) is 2. The van der Waals surface area contributed by atoms with Crippen LogP contribution in [-0.4, -0.2) is 16.7 Å². The van der Waals surface area contributed by atoms with Crippen molar-refractivity contribution in [2.24, 2.45) is 0 Å². The molecule has 0 spiro atoms. The molecule has 0 saturated carbocycles. The first-order chi connectivity index (χ1) is 11.5. The first kappa shape index (κ1) is 17.2. The quantitative estimate of drug-likeness (QED) is 0.505. The zero-order chi connectivity index (χ0) is 17.5. The van der Waals surface area contributed by atoms with E-state index in [2.05, 4.69) is 10.9 Å². The van der Waals surface area contributed by atoms with Gasteiger partial charge in [0.1, 0.15) is 0 Å². The number of carbonyl (C=O) groups is 2. The van der Waals surface area contributed by atoms with Gasteiger partial charge in [0, 0.05) is 18.2 Å². The molecule has 0 aliphatic heterocycles. The number of non-ortho nitro benzene ring substituents is 1. The van der Waals surface area contributed by atoms with Crippen molar-refractivity contribution in [1.82, 2.24) is 10.9 Å². The molecule has 2 rings (SSSR count). The molecule has 24 heavy (non-hydrogen) atoms. The first-order valence-electron chi connectivity index (χ1n) is 6.75. The van der Waals surface area contributed by atoms with E-state index in [1.54, 1.807) is 18.2 Å². The number of benzene rings is 2. The Bertz CT molecular complexity index is 803. The number of amides is 2. The maximum absolute atomic E-state index is 11.8. The molecule has 8 heteroatoms. The summed E-state index contributed by atoms with van der Waals surface area (Å²) in [6, 6.07) is 12.1. The maximum Gasteiger partial charge on any atom is 0.271 e. The van der Waals surface area contributed by atoms with Gasteiger partial charge in [0.05, 0.1) is 15.5 Å². The van der Waals surface area contributed by atoms with Gasteiger partial charge in [0.15, 0.2) is 0 Å². The van der Waals surface area contributed by atoms with E-state index in [0.29, 0.717) is 5.56 Å². The number of nitrogens with zero attached hydrogens (tertiary/aromatic N) is 1. The summed E-state index contributed by atoms with van der Waals surface area (Å²) in [6.07, 6.45) is 2.65. The number of hydrogen-bond acceptors (Lipinski definition) is 4. The van der Waals surface area contributed by atoms with Crippen LogP contribution in [0.15, 0.2) is 54.6 Å². The van der Waals surface area contributed by atoms with Gasteiger partial charge in [0.2, 0.25) is 0 Å². The molecule has 0 heterocycles. The molecule has 0 aliphatic rings. The van der Waals surface area contributed by atoms with E-state index in [1.807, 2.05) is 0 Å². The highest BCUT2D eigenvalue weighted by molar-refractivity contribution is 6.33. The van der Waals surface area contributed by atoms with Gasteiger partial charge in [-0.3, -0.25) is 30.6 Å². The minimum Gasteiger partial charge on any atom is -0.268 e. The van der Waals surface area contributed by atoms with Crippen molar-refractivity contribution >= 4 is 35.2 Å². The number of carbonyl (C=O) groups excluding carboxylic acids is 2. The van der Waals surface area contributed by atoms with E-state index in [1.165, 1.54) is 42.5 Å². The molecule has 0 aromatic heterocycles. The highest BCUT2D eigenvalue weighted by atomic mass is 35.5. The van der Waals surface area contributed by atoms with E-state index in [-0.39, 0.29) is 16.3 Å². The van der Waals surface area contributed by atoms with Crippen molar-refractivity contribution in [1.29, 1.82) is 0 Å². The minimum atomic E-state index is -0.561. The fourth-order valence-corrected chi connectivity index (χ4v) is 1.97. The van der Waals surface area contributed by atoms with E-state index in [0.717, 1.165) is 0 Å². The van der Waals surface area contributed by atoms with Crippen LogP contribution < -0.4 is 10.9 Å². The Morgan fingerprint density at radius 1 is 1.04 bits per heavy atom. The Morgan fingerprint density at radius 2 is 1.71 bits per heavy atom. The molecule has 7 nitrogen and oxygen atoms in total. The third-order valence-corrected chi connectivity index (χ3v) is 3.28. The summed E-state index contributed by atoms with van der Waals surface area (Å²) < 4.78 is 0. The predicted octanol–water partition coefficient (Wildman–Crippen LogP) is 2.72. The highest BCUT2D eigenvalue weighted by Gasteiger charge is 2.09. The Labute approximate surface area is 142 Å². The first-order valence-corrected chi connectivity index (χ1v) is 7.12. The summed E-state index contributed by atoms with van der Waals surface area (Å²) >= 11 is 5.88.